The molecule has 1 aliphatic carbocycles. The molecule has 7 heteroatoms. The van der Waals surface area contributed by atoms with Crippen molar-refractivity contribution in [2.45, 2.75) is 41.4 Å². The van der Waals surface area contributed by atoms with Crippen molar-refractivity contribution < 1.29 is 4.74 Å². The molecule has 5 nitrogen and oxygen atoms in total. The lowest BCUT2D eigenvalue weighted by Crippen LogP contribution is -2.47. The number of hydrogen-bond donors (Lipinski definition) is 2. The zero-order valence-electron chi connectivity index (χ0n) is 16.4. The van der Waals surface area contributed by atoms with E-state index < -0.39 is 0 Å². The van der Waals surface area contributed by atoms with Crippen LogP contribution in [-0.2, 0) is 4.74 Å². The Bertz CT molecular complexity index is 583. The van der Waals surface area contributed by atoms with Gasteiger partial charge in [-0.15, -0.1) is 35.7 Å². The van der Waals surface area contributed by atoms with Crippen molar-refractivity contribution in [1.29, 1.82) is 0 Å². The molecule has 1 saturated heterocycles. The fourth-order valence-electron chi connectivity index (χ4n) is 3.50. The van der Waals surface area contributed by atoms with Crippen LogP contribution >= 0.6 is 35.7 Å². The van der Waals surface area contributed by atoms with Gasteiger partial charge < -0.3 is 15.4 Å². The summed E-state index contributed by atoms with van der Waals surface area (Å²) in [6.45, 7) is 4.92. The molecule has 0 bridgehead atoms. The van der Waals surface area contributed by atoms with Crippen LogP contribution in [0.5, 0.6) is 0 Å². The van der Waals surface area contributed by atoms with Gasteiger partial charge in [0, 0.05) is 49.5 Å². The Labute approximate surface area is 185 Å². The number of ether oxygens (including phenoxy) is 1. The number of halogens is 1. The summed E-state index contributed by atoms with van der Waals surface area (Å²) < 4.78 is 5.56. The van der Waals surface area contributed by atoms with Crippen molar-refractivity contribution in [2.75, 3.05) is 46.9 Å². The zero-order valence-corrected chi connectivity index (χ0v) is 19.6. The highest BCUT2D eigenvalue weighted by Crippen LogP contribution is 2.51. The van der Waals surface area contributed by atoms with E-state index in [9.17, 15) is 0 Å². The molecule has 0 spiro atoms. The first-order valence-electron chi connectivity index (χ1n) is 9.66. The Morgan fingerprint density at radius 2 is 2.07 bits per heavy atom. The third kappa shape index (κ3) is 7.11. The molecule has 1 aromatic rings. The van der Waals surface area contributed by atoms with E-state index in [4.69, 9.17) is 4.74 Å². The van der Waals surface area contributed by atoms with Crippen molar-refractivity contribution >= 4 is 41.7 Å². The van der Waals surface area contributed by atoms with E-state index in [1.54, 1.807) is 7.11 Å². The number of nitrogens with zero attached hydrogens (tertiary/aromatic N) is 2. The van der Waals surface area contributed by atoms with Crippen LogP contribution in [0.4, 0.5) is 0 Å². The molecule has 2 aliphatic rings. The molecule has 1 saturated carbocycles. The van der Waals surface area contributed by atoms with E-state index in [2.05, 4.69) is 50.9 Å². The van der Waals surface area contributed by atoms with Crippen molar-refractivity contribution in [3.63, 3.8) is 0 Å². The molecular formula is C20H33IN4OS. The van der Waals surface area contributed by atoms with Gasteiger partial charge in [0.05, 0.1) is 6.61 Å². The summed E-state index contributed by atoms with van der Waals surface area (Å²) in [6, 6.07) is 11.3. The highest BCUT2D eigenvalue weighted by Gasteiger charge is 2.43. The molecule has 0 aromatic heterocycles. The van der Waals surface area contributed by atoms with Crippen LogP contribution in [0.2, 0.25) is 0 Å². The average molecular weight is 504 g/mol. The van der Waals surface area contributed by atoms with E-state index in [1.165, 1.54) is 37.1 Å². The third-order valence-corrected chi connectivity index (χ3v) is 6.77. The minimum absolute atomic E-state index is 0. The van der Waals surface area contributed by atoms with Crippen molar-refractivity contribution in [1.82, 2.24) is 15.5 Å². The van der Waals surface area contributed by atoms with Crippen molar-refractivity contribution in [2.24, 2.45) is 4.99 Å². The van der Waals surface area contributed by atoms with E-state index in [0.29, 0.717) is 10.8 Å². The van der Waals surface area contributed by atoms with E-state index in [-0.39, 0.29) is 24.0 Å². The molecule has 1 heterocycles. The second-order valence-corrected chi connectivity index (χ2v) is 8.77. The molecule has 2 N–H and O–H groups in total. The maximum atomic E-state index is 5.23. The predicted octanol–water partition coefficient (Wildman–Crippen LogP) is 3.21. The zero-order chi connectivity index (χ0) is 18.2. The summed E-state index contributed by atoms with van der Waals surface area (Å²) in [7, 11) is 3.63. The highest BCUT2D eigenvalue weighted by molar-refractivity contribution is 14.0. The lowest BCUT2D eigenvalue weighted by atomic mass is 10.2. The molecule has 1 aliphatic heterocycles. The number of nitrogens with one attached hydrogen (secondary N) is 2. The van der Waals surface area contributed by atoms with Gasteiger partial charge in [0.25, 0.3) is 0 Å². The van der Waals surface area contributed by atoms with E-state index in [1.807, 2.05) is 18.8 Å². The molecular weight excluding hydrogens is 471 g/mol. The summed E-state index contributed by atoms with van der Waals surface area (Å²) >= 11 is 1.99. The van der Waals surface area contributed by atoms with Crippen LogP contribution in [0.3, 0.4) is 0 Å². The smallest absolute Gasteiger partial charge is 0.191 e. The van der Waals surface area contributed by atoms with Gasteiger partial charge in [-0.3, -0.25) is 9.89 Å². The fourth-order valence-corrected chi connectivity index (χ4v) is 4.75. The Balaban J connectivity index is 0.00000261. The topological polar surface area (TPSA) is 48.9 Å². The Morgan fingerprint density at radius 1 is 1.30 bits per heavy atom. The van der Waals surface area contributed by atoms with E-state index in [0.717, 1.165) is 32.2 Å². The Morgan fingerprint density at radius 3 is 2.74 bits per heavy atom. The first kappa shape index (κ1) is 22.8. The predicted molar refractivity (Wildman–Crippen MR) is 126 cm³/mol. The second kappa shape index (κ2) is 11.5. The van der Waals surface area contributed by atoms with Gasteiger partial charge in [0.1, 0.15) is 0 Å². The summed E-state index contributed by atoms with van der Waals surface area (Å²) in [4.78, 5) is 8.30. The van der Waals surface area contributed by atoms with Crippen molar-refractivity contribution in [3.05, 3.63) is 30.3 Å². The number of rotatable bonds is 9. The van der Waals surface area contributed by atoms with Crippen molar-refractivity contribution in [3.8, 4) is 0 Å². The number of benzene rings is 1. The highest BCUT2D eigenvalue weighted by atomic mass is 127. The molecule has 1 aromatic carbocycles. The van der Waals surface area contributed by atoms with Crippen LogP contribution in [0.15, 0.2) is 40.2 Å². The molecule has 3 rings (SSSR count). The second-order valence-electron chi connectivity index (χ2n) is 7.23. The van der Waals surface area contributed by atoms with Gasteiger partial charge in [-0.25, -0.2) is 0 Å². The maximum Gasteiger partial charge on any atom is 0.191 e. The molecule has 1 unspecified atom stereocenters. The Hall–Kier alpha value is -0.510. The first-order valence-corrected chi connectivity index (χ1v) is 10.5. The quantitative estimate of drug-likeness (QED) is 0.308. The standard InChI is InChI=1S/C20H32N4OS.HI/c1-21-19(22-15-17-7-6-12-24(17)13-14-25-2)23-16-20(10-11-20)26-18-8-4-3-5-9-18;/h3-5,8-9,17H,6-7,10-16H2,1-2H3,(H2,21,22,23);1H. The molecule has 0 radical (unpaired) electrons. The number of likely N-dealkylation sites (tertiary alicyclic amines) is 1. The van der Waals surface area contributed by atoms with Gasteiger partial charge in [0.2, 0.25) is 0 Å². The minimum Gasteiger partial charge on any atom is -0.383 e. The van der Waals surface area contributed by atoms with E-state index >= 15 is 0 Å². The Kier molecular flexibility index (Phi) is 9.69. The fraction of sp³-hybridized carbons (Fsp3) is 0.650. The van der Waals surface area contributed by atoms with Crippen LogP contribution in [0, 0.1) is 0 Å². The van der Waals surface area contributed by atoms with Crippen LogP contribution in [0.25, 0.3) is 0 Å². The monoisotopic (exact) mass is 504 g/mol. The molecule has 1 atom stereocenters. The molecule has 152 valence electrons. The summed E-state index contributed by atoms with van der Waals surface area (Å²) in [5.41, 5.74) is 0. The van der Waals surface area contributed by atoms with Gasteiger partial charge in [-0.2, -0.15) is 0 Å². The number of thioether (sulfide) groups is 1. The largest absolute Gasteiger partial charge is 0.383 e. The summed E-state index contributed by atoms with van der Waals surface area (Å²) in [5.74, 6) is 0.920. The van der Waals surface area contributed by atoms with Gasteiger partial charge in [-0.05, 0) is 44.4 Å². The van der Waals surface area contributed by atoms with Gasteiger partial charge >= 0.3 is 0 Å². The van der Waals surface area contributed by atoms with Crippen LogP contribution in [-0.4, -0.2) is 68.6 Å². The summed E-state index contributed by atoms with van der Waals surface area (Å²) in [6.07, 6.45) is 5.06. The summed E-state index contributed by atoms with van der Waals surface area (Å²) in [5, 5.41) is 7.08. The van der Waals surface area contributed by atoms with Gasteiger partial charge in [0.15, 0.2) is 5.96 Å². The number of guanidine groups is 1. The average Bonchev–Trinajstić information content (AvgIpc) is 3.28. The normalized spacial score (nSPS) is 21.6. The third-order valence-electron chi connectivity index (χ3n) is 5.27. The number of methoxy groups -OCH3 is 1. The first-order chi connectivity index (χ1) is 12.7. The minimum atomic E-state index is 0. The molecule has 2 fully saturated rings. The molecule has 0 amide bonds. The van der Waals surface area contributed by atoms with Gasteiger partial charge in [-0.1, -0.05) is 18.2 Å². The molecule has 27 heavy (non-hydrogen) atoms. The SMILES string of the molecule is CN=C(NCC1CCCN1CCOC)NCC1(Sc2ccccc2)CC1.I. The lowest BCUT2D eigenvalue weighted by molar-refractivity contribution is 0.141. The maximum absolute atomic E-state index is 5.23. The number of aliphatic imine (C=N–C) groups is 1. The lowest BCUT2D eigenvalue weighted by Gasteiger charge is -2.25. The van der Waals surface area contributed by atoms with Crippen LogP contribution < -0.4 is 10.6 Å². The number of hydrogen-bond acceptors (Lipinski definition) is 4. The van der Waals surface area contributed by atoms with Crippen LogP contribution in [0.1, 0.15) is 25.7 Å².